The third-order valence-corrected chi connectivity index (χ3v) is 6.57. The quantitative estimate of drug-likeness (QED) is 0.517. The fourth-order valence-electron chi connectivity index (χ4n) is 2.62. The number of carbonyl (C=O) groups is 2. The molecule has 7 nitrogen and oxygen atoms in total. The molecule has 1 heterocycles. The molecule has 2 amide bonds. The van der Waals surface area contributed by atoms with Gasteiger partial charge in [-0.15, -0.1) is 0 Å². The average Bonchev–Trinajstić information content (AvgIpc) is 3.18. The van der Waals surface area contributed by atoms with Crippen LogP contribution in [0.25, 0.3) is 0 Å². The van der Waals surface area contributed by atoms with E-state index in [0.717, 1.165) is 24.0 Å². The Hall–Kier alpha value is -2.61. The molecule has 1 aromatic carbocycles. The Morgan fingerprint density at radius 1 is 1.07 bits per heavy atom. The highest BCUT2D eigenvalue weighted by Crippen LogP contribution is 2.29. The first-order chi connectivity index (χ1) is 13.3. The molecule has 0 aliphatic heterocycles. The van der Waals surface area contributed by atoms with E-state index in [9.17, 15) is 18.0 Å². The molecule has 0 aliphatic rings. The molecule has 2 aromatic rings. The number of furan rings is 1. The normalized spacial score (nSPS) is 12.4. The van der Waals surface area contributed by atoms with Gasteiger partial charge in [-0.05, 0) is 55.7 Å². The zero-order valence-corrected chi connectivity index (χ0v) is 17.1. The zero-order valence-electron chi connectivity index (χ0n) is 16.3. The lowest BCUT2D eigenvalue weighted by molar-refractivity contribution is -0.139. The van der Waals surface area contributed by atoms with Gasteiger partial charge in [0.15, 0.2) is 9.84 Å². The molecule has 0 spiro atoms. The molecule has 0 aliphatic carbocycles. The Morgan fingerprint density at radius 2 is 1.79 bits per heavy atom. The van der Waals surface area contributed by atoms with Crippen molar-refractivity contribution in [3.63, 3.8) is 0 Å². The van der Waals surface area contributed by atoms with E-state index in [2.05, 4.69) is 10.6 Å². The van der Waals surface area contributed by atoms with Crippen LogP contribution < -0.4 is 10.6 Å². The second kappa shape index (κ2) is 9.54. The first-order valence-electron chi connectivity index (χ1n) is 9.18. The molecule has 0 saturated heterocycles. The molecular weight excluding hydrogens is 380 g/mol. The summed E-state index contributed by atoms with van der Waals surface area (Å²) in [6, 6.07) is 7.99. The highest BCUT2D eigenvalue weighted by Gasteiger charge is 2.32. The van der Waals surface area contributed by atoms with E-state index in [4.69, 9.17) is 4.42 Å². The van der Waals surface area contributed by atoms with Gasteiger partial charge in [0.2, 0.25) is 0 Å². The van der Waals surface area contributed by atoms with E-state index in [1.165, 1.54) is 18.4 Å². The standard InChI is InChI=1S/C20H26N2O5S/c1-4-5-10-21-19(23)20(24)22-13-18(17-7-6-11-27-17)28(25,26)16-9-8-14(2)15(3)12-16/h6-9,11-12,18H,4-5,10,13H2,1-3H3,(H,21,23)(H,22,24)/t18-/m0/s1. The predicted molar refractivity (Wildman–Crippen MR) is 105 cm³/mol. The molecule has 8 heteroatoms. The van der Waals surface area contributed by atoms with Crippen LogP contribution in [-0.4, -0.2) is 33.3 Å². The highest BCUT2D eigenvalue weighted by atomic mass is 32.2. The molecule has 2 rings (SSSR count). The van der Waals surface area contributed by atoms with Crippen LogP contribution in [0.15, 0.2) is 45.9 Å². The van der Waals surface area contributed by atoms with Crippen LogP contribution in [0.4, 0.5) is 0 Å². The summed E-state index contributed by atoms with van der Waals surface area (Å²) in [5, 5.41) is 3.77. The SMILES string of the molecule is CCCCNC(=O)C(=O)NC[C@@H](c1ccco1)S(=O)(=O)c1ccc(C)c(C)c1. The number of hydrogen-bond donors (Lipinski definition) is 2. The van der Waals surface area contributed by atoms with Gasteiger partial charge >= 0.3 is 11.8 Å². The maximum atomic E-state index is 13.2. The molecule has 0 saturated carbocycles. The van der Waals surface area contributed by atoms with Crippen molar-refractivity contribution in [2.75, 3.05) is 13.1 Å². The summed E-state index contributed by atoms with van der Waals surface area (Å²) in [5.41, 5.74) is 1.82. The highest BCUT2D eigenvalue weighted by molar-refractivity contribution is 7.91. The Labute approximate surface area is 165 Å². The first-order valence-corrected chi connectivity index (χ1v) is 10.7. The maximum absolute atomic E-state index is 13.2. The Balaban J connectivity index is 2.20. The summed E-state index contributed by atoms with van der Waals surface area (Å²) in [6.45, 7) is 5.82. The molecule has 0 unspecified atom stereocenters. The van der Waals surface area contributed by atoms with Crippen molar-refractivity contribution in [1.29, 1.82) is 0 Å². The third-order valence-electron chi connectivity index (χ3n) is 4.51. The van der Waals surface area contributed by atoms with Gasteiger partial charge < -0.3 is 15.1 Å². The Kier molecular flexibility index (Phi) is 7.39. The van der Waals surface area contributed by atoms with Crippen molar-refractivity contribution in [3.8, 4) is 0 Å². The topological polar surface area (TPSA) is 105 Å². The van der Waals surface area contributed by atoms with Gasteiger partial charge in [-0.25, -0.2) is 8.42 Å². The first kappa shape index (κ1) is 21.7. The maximum Gasteiger partial charge on any atom is 0.309 e. The van der Waals surface area contributed by atoms with Crippen LogP contribution >= 0.6 is 0 Å². The lowest BCUT2D eigenvalue weighted by atomic mass is 10.1. The summed E-state index contributed by atoms with van der Waals surface area (Å²) in [7, 11) is -3.85. The summed E-state index contributed by atoms with van der Waals surface area (Å²) in [4.78, 5) is 24.0. The van der Waals surface area contributed by atoms with Gasteiger partial charge in [-0.3, -0.25) is 9.59 Å². The van der Waals surface area contributed by atoms with Crippen LogP contribution in [-0.2, 0) is 19.4 Å². The van der Waals surface area contributed by atoms with Crippen molar-refractivity contribution in [3.05, 3.63) is 53.5 Å². The number of rotatable bonds is 8. The molecule has 2 N–H and O–H groups in total. The van der Waals surface area contributed by atoms with Gasteiger partial charge in [-0.2, -0.15) is 0 Å². The van der Waals surface area contributed by atoms with Crippen molar-refractivity contribution >= 4 is 21.7 Å². The van der Waals surface area contributed by atoms with Gasteiger partial charge in [-0.1, -0.05) is 19.4 Å². The number of carbonyl (C=O) groups excluding carboxylic acids is 2. The molecule has 0 bridgehead atoms. The Bertz CT molecular complexity index is 920. The number of hydrogen-bond acceptors (Lipinski definition) is 5. The van der Waals surface area contributed by atoms with E-state index in [0.29, 0.717) is 6.54 Å². The van der Waals surface area contributed by atoms with Crippen LogP contribution in [0.3, 0.4) is 0 Å². The van der Waals surface area contributed by atoms with E-state index < -0.39 is 26.9 Å². The lowest BCUT2D eigenvalue weighted by Crippen LogP contribution is -2.42. The summed E-state index contributed by atoms with van der Waals surface area (Å²) in [5.74, 6) is -1.46. The van der Waals surface area contributed by atoms with Crippen LogP contribution in [0.5, 0.6) is 0 Å². The van der Waals surface area contributed by atoms with Crippen LogP contribution in [0.1, 0.15) is 41.9 Å². The van der Waals surface area contributed by atoms with Gasteiger partial charge in [0, 0.05) is 13.1 Å². The monoisotopic (exact) mass is 406 g/mol. The number of unbranched alkanes of at least 4 members (excludes halogenated alkanes) is 1. The minimum absolute atomic E-state index is 0.138. The van der Waals surface area contributed by atoms with Gasteiger partial charge in [0.25, 0.3) is 0 Å². The van der Waals surface area contributed by atoms with Crippen molar-refractivity contribution < 1.29 is 22.4 Å². The molecule has 0 fully saturated rings. The Morgan fingerprint density at radius 3 is 2.39 bits per heavy atom. The second-order valence-electron chi connectivity index (χ2n) is 6.61. The fraction of sp³-hybridized carbons (Fsp3) is 0.400. The molecule has 0 radical (unpaired) electrons. The number of sulfone groups is 1. The summed E-state index contributed by atoms with van der Waals surface area (Å²) >= 11 is 0. The minimum Gasteiger partial charge on any atom is -0.468 e. The fourth-order valence-corrected chi connectivity index (χ4v) is 4.29. The largest absolute Gasteiger partial charge is 0.468 e. The van der Waals surface area contributed by atoms with Gasteiger partial charge in [0.1, 0.15) is 11.0 Å². The third kappa shape index (κ3) is 5.22. The number of benzene rings is 1. The van der Waals surface area contributed by atoms with Crippen molar-refractivity contribution in [2.45, 2.75) is 43.8 Å². The smallest absolute Gasteiger partial charge is 0.309 e. The molecule has 28 heavy (non-hydrogen) atoms. The van der Waals surface area contributed by atoms with E-state index in [1.807, 2.05) is 20.8 Å². The summed E-state index contributed by atoms with van der Waals surface area (Å²) in [6.07, 6.45) is 3.02. The van der Waals surface area contributed by atoms with E-state index >= 15 is 0 Å². The van der Waals surface area contributed by atoms with Crippen LogP contribution in [0.2, 0.25) is 0 Å². The second-order valence-corrected chi connectivity index (χ2v) is 8.75. The molecule has 1 aromatic heterocycles. The van der Waals surface area contributed by atoms with E-state index in [1.54, 1.807) is 18.2 Å². The van der Waals surface area contributed by atoms with Crippen LogP contribution in [0, 0.1) is 13.8 Å². The minimum atomic E-state index is -3.85. The number of aryl methyl sites for hydroxylation is 2. The summed E-state index contributed by atoms with van der Waals surface area (Å²) < 4.78 is 31.7. The molecule has 1 atom stereocenters. The van der Waals surface area contributed by atoms with Crippen molar-refractivity contribution in [2.24, 2.45) is 0 Å². The average molecular weight is 407 g/mol. The number of amides is 2. The molecule has 152 valence electrons. The van der Waals surface area contributed by atoms with Crippen molar-refractivity contribution in [1.82, 2.24) is 10.6 Å². The van der Waals surface area contributed by atoms with E-state index in [-0.39, 0.29) is 17.2 Å². The predicted octanol–water partition coefficient (Wildman–Crippen LogP) is 2.44. The van der Waals surface area contributed by atoms with Gasteiger partial charge in [0.05, 0.1) is 11.2 Å². The lowest BCUT2D eigenvalue weighted by Gasteiger charge is -2.17. The zero-order chi connectivity index (χ0) is 20.7. The number of nitrogens with one attached hydrogen (secondary N) is 2. The molecular formula is C20H26N2O5S.